The molecule has 5 nitrogen and oxygen atoms in total. The summed E-state index contributed by atoms with van der Waals surface area (Å²) in [5.41, 5.74) is 0. The highest BCUT2D eigenvalue weighted by Gasteiger charge is 2.19. The maximum atomic E-state index is 5.27. The average Bonchev–Trinajstić information content (AvgIpc) is 2.80. The molecule has 0 aromatic carbocycles. The zero-order valence-corrected chi connectivity index (χ0v) is 11.5. The van der Waals surface area contributed by atoms with Gasteiger partial charge in [0.1, 0.15) is 0 Å². The van der Waals surface area contributed by atoms with Gasteiger partial charge in [-0.1, -0.05) is 5.16 Å². The van der Waals surface area contributed by atoms with Gasteiger partial charge in [-0.25, -0.2) is 0 Å². The number of nitrogens with one attached hydrogen (secondary N) is 1. The summed E-state index contributed by atoms with van der Waals surface area (Å²) in [6.45, 7) is 3.38. The number of aromatic nitrogens is 2. The molecule has 18 heavy (non-hydrogen) atoms. The summed E-state index contributed by atoms with van der Waals surface area (Å²) in [7, 11) is 4.14. The molecule has 1 N–H and O–H groups in total. The zero-order chi connectivity index (χ0) is 12.8. The lowest BCUT2D eigenvalue weighted by atomic mass is 9.94. The van der Waals surface area contributed by atoms with E-state index < -0.39 is 0 Å². The van der Waals surface area contributed by atoms with Crippen LogP contribution in [0.1, 0.15) is 31.0 Å². The summed E-state index contributed by atoms with van der Waals surface area (Å²) in [5, 5.41) is 7.21. The van der Waals surface area contributed by atoms with E-state index in [1.165, 1.54) is 25.9 Å². The van der Waals surface area contributed by atoms with Crippen LogP contribution in [0.2, 0.25) is 0 Å². The first-order chi connectivity index (χ1) is 8.78. The van der Waals surface area contributed by atoms with Gasteiger partial charge < -0.3 is 14.7 Å². The number of hydrogen-bond acceptors (Lipinski definition) is 5. The smallest absolute Gasteiger partial charge is 0.226 e. The minimum Gasteiger partial charge on any atom is -0.339 e. The molecule has 2 heterocycles. The first-order valence-electron chi connectivity index (χ1n) is 6.92. The first kappa shape index (κ1) is 13.5. The molecule has 2 rings (SSSR count). The predicted octanol–water partition coefficient (Wildman–Crippen LogP) is 1.11. The van der Waals surface area contributed by atoms with Gasteiger partial charge in [-0.2, -0.15) is 4.98 Å². The Bertz CT molecular complexity index is 345. The fraction of sp³-hybridized carbons (Fsp3) is 0.846. The molecule has 1 saturated heterocycles. The van der Waals surface area contributed by atoms with Crippen LogP contribution in [-0.2, 0) is 12.8 Å². The van der Waals surface area contributed by atoms with Crippen molar-refractivity contribution >= 4 is 0 Å². The largest absolute Gasteiger partial charge is 0.339 e. The molecular formula is C13H24N4O. The minimum absolute atomic E-state index is 0.726. The number of aryl methyl sites for hydroxylation is 1. The molecular weight excluding hydrogens is 228 g/mol. The van der Waals surface area contributed by atoms with Crippen molar-refractivity contribution in [3.8, 4) is 0 Å². The van der Waals surface area contributed by atoms with E-state index in [1.807, 2.05) is 7.05 Å². The van der Waals surface area contributed by atoms with Crippen molar-refractivity contribution in [3.63, 3.8) is 0 Å². The third-order valence-corrected chi connectivity index (χ3v) is 3.64. The summed E-state index contributed by atoms with van der Waals surface area (Å²) in [4.78, 5) is 6.86. The zero-order valence-electron chi connectivity index (χ0n) is 11.5. The molecule has 1 aliphatic rings. The third kappa shape index (κ3) is 4.07. The molecule has 0 radical (unpaired) electrons. The van der Waals surface area contributed by atoms with Crippen LogP contribution in [0.15, 0.2) is 4.52 Å². The van der Waals surface area contributed by atoms with E-state index in [0.717, 1.165) is 43.4 Å². The topological polar surface area (TPSA) is 54.2 Å². The van der Waals surface area contributed by atoms with Crippen LogP contribution in [-0.4, -0.2) is 48.8 Å². The standard InChI is InChI=1S/C13H24N4O/c1-14-7-3-4-13-15-12(16-18-13)10-11-5-8-17(2)9-6-11/h11,14H,3-10H2,1-2H3. The highest BCUT2D eigenvalue weighted by atomic mass is 16.5. The van der Waals surface area contributed by atoms with Crippen LogP contribution in [0.5, 0.6) is 0 Å². The van der Waals surface area contributed by atoms with Crippen LogP contribution in [0.4, 0.5) is 0 Å². The number of rotatable bonds is 6. The molecule has 1 aromatic rings. The van der Waals surface area contributed by atoms with E-state index in [0.29, 0.717) is 0 Å². The van der Waals surface area contributed by atoms with Crippen molar-refractivity contribution < 1.29 is 4.52 Å². The monoisotopic (exact) mass is 252 g/mol. The number of nitrogens with zero attached hydrogens (tertiary/aromatic N) is 3. The Labute approximate surface area is 109 Å². The molecule has 1 fully saturated rings. The van der Waals surface area contributed by atoms with Gasteiger partial charge in [0.25, 0.3) is 0 Å². The van der Waals surface area contributed by atoms with Crippen LogP contribution in [0.25, 0.3) is 0 Å². The lowest BCUT2D eigenvalue weighted by molar-refractivity contribution is 0.216. The lowest BCUT2D eigenvalue weighted by Crippen LogP contribution is -2.31. The first-order valence-corrected chi connectivity index (χ1v) is 6.92. The second-order valence-corrected chi connectivity index (χ2v) is 5.26. The Hall–Kier alpha value is -0.940. The molecule has 0 atom stereocenters. The minimum atomic E-state index is 0.726. The van der Waals surface area contributed by atoms with E-state index in [4.69, 9.17) is 4.52 Å². The highest BCUT2D eigenvalue weighted by molar-refractivity contribution is 4.89. The van der Waals surface area contributed by atoms with Crippen molar-refractivity contribution in [2.75, 3.05) is 33.7 Å². The van der Waals surface area contributed by atoms with Gasteiger partial charge in [0.2, 0.25) is 5.89 Å². The second kappa shape index (κ2) is 6.85. The van der Waals surface area contributed by atoms with Crippen LogP contribution >= 0.6 is 0 Å². The van der Waals surface area contributed by atoms with E-state index in [-0.39, 0.29) is 0 Å². The maximum absolute atomic E-state index is 5.27. The van der Waals surface area contributed by atoms with E-state index in [2.05, 4.69) is 27.4 Å². The van der Waals surface area contributed by atoms with Gasteiger partial charge in [-0.3, -0.25) is 0 Å². The summed E-state index contributed by atoms with van der Waals surface area (Å²) in [6.07, 6.45) is 5.40. The van der Waals surface area contributed by atoms with Gasteiger partial charge in [-0.05, 0) is 58.9 Å². The fourth-order valence-electron chi connectivity index (χ4n) is 2.42. The second-order valence-electron chi connectivity index (χ2n) is 5.26. The van der Waals surface area contributed by atoms with Crippen LogP contribution in [0, 0.1) is 5.92 Å². The number of piperidine rings is 1. The molecule has 0 saturated carbocycles. The van der Waals surface area contributed by atoms with E-state index in [1.54, 1.807) is 0 Å². The van der Waals surface area contributed by atoms with Gasteiger partial charge in [0, 0.05) is 12.8 Å². The van der Waals surface area contributed by atoms with Gasteiger partial charge >= 0.3 is 0 Å². The Morgan fingerprint density at radius 1 is 1.39 bits per heavy atom. The lowest BCUT2D eigenvalue weighted by Gasteiger charge is -2.27. The van der Waals surface area contributed by atoms with Crippen molar-refractivity contribution in [3.05, 3.63) is 11.7 Å². The third-order valence-electron chi connectivity index (χ3n) is 3.64. The Balaban J connectivity index is 1.76. The molecule has 0 aliphatic carbocycles. The fourth-order valence-corrected chi connectivity index (χ4v) is 2.42. The maximum Gasteiger partial charge on any atom is 0.226 e. The summed E-state index contributed by atoms with van der Waals surface area (Å²) < 4.78 is 5.27. The quantitative estimate of drug-likeness (QED) is 0.769. The Kier molecular flexibility index (Phi) is 5.13. The van der Waals surface area contributed by atoms with E-state index in [9.17, 15) is 0 Å². The Morgan fingerprint density at radius 3 is 2.89 bits per heavy atom. The predicted molar refractivity (Wildman–Crippen MR) is 70.5 cm³/mol. The number of likely N-dealkylation sites (tertiary alicyclic amines) is 1. The molecule has 0 unspecified atom stereocenters. The summed E-state index contributed by atoms with van der Waals surface area (Å²) >= 11 is 0. The molecule has 0 spiro atoms. The van der Waals surface area contributed by atoms with Gasteiger partial charge in [0.05, 0.1) is 0 Å². The summed E-state index contributed by atoms with van der Waals surface area (Å²) in [5.74, 6) is 2.40. The Morgan fingerprint density at radius 2 is 2.17 bits per heavy atom. The van der Waals surface area contributed by atoms with Crippen molar-refractivity contribution in [2.24, 2.45) is 5.92 Å². The average molecular weight is 252 g/mol. The van der Waals surface area contributed by atoms with Crippen molar-refractivity contribution in [1.29, 1.82) is 0 Å². The number of hydrogen-bond donors (Lipinski definition) is 1. The molecule has 1 aromatic heterocycles. The SMILES string of the molecule is CNCCCc1nc(CC2CCN(C)CC2)no1. The molecule has 102 valence electrons. The van der Waals surface area contributed by atoms with Crippen molar-refractivity contribution in [2.45, 2.75) is 32.1 Å². The van der Waals surface area contributed by atoms with Crippen molar-refractivity contribution in [1.82, 2.24) is 20.4 Å². The molecule has 0 amide bonds. The van der Waals surface area contributed by atoms with Crippen LogP contribution < -0.4 is 5.32 Å². The van der Waals surface area contributed by atoms with Gasteiger partial charge in [-0.15, -0.1) is 0 Å². The highest BCUT2D eigenvalue weighted by Crippen LogP contribution is 2.19. The summed E-state index contributed by atoms with van der Waals surface area (Å²) in [6, 6.07) is 0. The van der Waals surface area contributed by atoms with E-state index >= 15 is 0 Å². The molecule has 0 bridgehead atoms. The molecule has 5 heteroatoms. The normalized spacial score (nSPS) is 18.3. The molecule has 1 aliphatic heterocycles. The van der Waals surface area contributed by atoms with Crippen LogP contribution in [0.3, 0.4) is 0 Å². The van der Waals surface area contributed by atoms with Gasteiger partial charge in [0.15, 0.2) is 5.82 Å².